The molecule has 4 aliphatic heterocycles. The fraction of sp³-hybridized carbons (Fsp3) is 0.200. The van der Waals surface area contributed by atoms with Crippen molar-refractivity contribution in [1.29, 1.82) is 0 Å². The lowest BCUT2D eigenvalue weighted by Crippen LogP contribution is -2.64. The van der Waals surface area contributed by atoms with Gasteiger partial charge in [0.2, 0.25) is 0 Å². The molecule has 0 spiro atoms. The van der Waals surface area contributed by atoms with Crippen molar-refractivity contribution in [2.45, 2.75) is 67.2 Å². The van der Waals surface area contributed by atoms with Gasteiger partial charge in [-0.1, -0.05) is 98.3 Å². The van der Waals surface area contributed by atoms with Gasteiger partial charge in [-0.2, -0.15) is 0 Å². The molecule has 0 aromatic heterocycles. The highest BCUT2D eigenvalue weighted by Crippen LogP contribution is 2.62. The predicted molar refractivity (Wildman–Crippen MR) is 212 cm³/mol. The van der Waals surface area contributed by atoms with E-state index in [9.17, 15) is 0 Å². The molecule has 2 atom stereocenters. The van der Waals surface area contributed by atoms with Crippen LogP contribution in [0.4, 0.5) is 45.5 Å². The summed E-state index contributed by atoms with van der Waals surface area (Å²) < 4.78 is 0. The minimum absolute atomic E-state index is 0.0275. The first kappa shape index (κ1) is 28.9. The van der Waals surface area contributed by atoms with Gasteiger partial charge in [-0.3, -0.25) is 0 Å². The van der Waals surface area contributed by atoms with E-state index in [1.807, 2.05) is 11.8 Å². The average molecular weight is 664 g/mol. The van der Waals surface area contributed by atoms with Gasteiger partial charge in [-0.05, 0) is 115 Å². The molecule has 0 N–H and O–H groups in total. The average Bonchev–Trinajstić information content (AvgIpc) is 3.35. The van der Waals surface area contributed by atoms with Crippen LogP contribution in [0.15, 0.2) is 137 Å². The Morgan fingerprint density at radius 1 is 0.580 bits per heavy atom. The Bertz CT molecular complexity index is 2410. The van der Waals surface area contributed by atoms with E-state index < -0.39 is 0 Å². The van der Waals surface area contributed by atoms with Crippen LogP contribution in [-0.2, 0) is 5.41 Å². The minimum atomic E-state index is 0.0275. The third-order valence-corrected chi connectivity index (χ3v) is 13.9. The van der Waals surface area contributed by atoms with E-state index in [1.165, 1.54) is 97.2 Å². The third-order valence-electron chi connectivity index (χ3n) is 12.8. The molecule has 2 unspecified atom stereocenters. The van der Waals surface area contributed by atoms with Crippen LogP contribution in [0.2, 0.25) is 0 Å². The summed E-state index contributed by atoms with van der Waals surface area (Å²) in [7, 11) is 0. The van der Waals surface area contributed by atoms with E-state index in [2.05, 4.69) is 163 Å². The molecular weight excluding hydrogens is 625 g/mol. The Labute approximate surface area is 299 Å². The van der Waals surface area contributed by atoms with Crippen molar-refractivity contribution in [3.8, 4) is 0 Å². The van der Waals surface area contributed by atoms with Crippen LogP contribution in [0.1, 0.15) is 50.7 Å². The number of anilines is 8. The van der Waals surface area contributed by atoms with Crippen molar-refractivity contribution in [2.24, 2.45) is 0 Å². The van der Waals surface area contributed by atoms with Gasteiger partial charge in [-0.15, -0.1) is 0 Å². The van der Waals surface area contributed by atoms with E-state index in [4.69, 9.17) is 0 Å². The van der Waals surface area contributed by atoms with Crippen molar-refractivity contribution in [3.05, 3.63) is 139 Å². The highest BCUT2D eigenvalue weighted by Gasteiger charge is 2.61. The summed E-state index contributed by atoms with van der Waals surface area (Å²) in [5.74, 6) is 0. The second kappa shape index (κ2) is 10.1. The normalized spacial score (nSPS) is 21.9. The van der Waals surface area contributed by atoms with E-state index in [0.29, 0.717) is 0 Å². The Balaban J connectivity index is 1.26. The molecule has 5 heteroatoms. The summed E-state index contributed by atoms with van der Waals surface area (Å²) in [6, 6.07) is 48.3. The minimum Gasteiger partial charge on any atom is -0.335 e. The summed E-state index contributed by atoms with van der Waals surface area (Å²) in [5.41, 5.74) is 17.5. The van der Waals surface area contributed by atoms with Crippen LogP contribution < -0.4 is 31.1 Å². The molecule has 50 heavy (non-hydrogen) atoms. The molecule has 0 saturated heterocycles. The first-order valence-electron chi connectivity index (χ1n) is 18.2. The zero-order valence-electron chi connectivity index (χ0n) is 28.8. The largest absolute Gasteiger partial charge is 0.335 e. The van der Waals surface area contributed by atoms with Crippen LogP contribution in [0.25, 0.3) is 0 Å². The second-order valence-electron chi connectivity index (χ2n) is 15.3. The molecule has 5 aliphatic rings. The van der Waals surface area contributed by atoms with Gasteiger partial charge in [0.25, 0.3) is 6.71 Å². The number of hydrogen-bond donors (Lipinski definition) is 0. The van der Waals surface area contributed by atoms with Gasteiger partial charge in [-0.25, -0.2) is 0 Å². The molecule has 0 amide bonds. The molecule has 1 fully saturated rings. The van der Waals surface area contributed by atoms with E-state index in [-0.39, 0.29) is 17.7 Å². The molecular formula is C45H38BN3S. The van der Waals surface area contributed by atoms with Gasteiger partial charge in [0, 0.05) is 49.3 Å². The predicted octanol–water partition coefficient (Wildman–Crippen LogP) is 10.3. The summed E-state index contributed by atoms with van der Waals surface area (Å²) in [4.78, 5) is 10.4. The number of rotatable bonds is 1. The lowest BCUT2D eigenvalue weighted by molar-refractivity contribution is 0.195. The van der Waals surface area contributed by atoms with Crippen molar-refractivity contribution >= 4 is 80.4 Å². The highest BCUT2D eigenvalue weighted by atomic mass is 32.2. The maximum atomic E-state index is 2.83. The molecule has 1 aliphatic carbocycles. The van der Waals surface area contributed by atoms with Crippen molar-refractivity contribution < 1.29 is 0 Å². The van der Waals surface area contributed by atoms with Gasteiger partial charge < -0.3 is 14.7 Å². The number of para-hydroxylation sites is 4. The zero-order chi connectivity index (χ0) is 33.4. The number of hydrogen-bond acceptors (Lipinski definition) is 4. The molecule has 3 nitrogen and oxygen atoms in total. The van der Waals surface area contributed by atoms with Gasteiger partial charge in [0.1, 0.15) is 0 Å². The molecule has 6 aromatic rings. The Hall–Kier alpha value is -4.87. The quantitative estimate of drug-likeness (QED) is 0.162. The molecule has 2 bridgehead atoms. The summed E-state index contributed by atoms with van der Waals surface area (Å²) in [5, 5.41) is 0. The van der Waals surface area contributed by atoms with E-state index in [1.54, 1.807) is 5.56 Å². The summed E-state index contributed by atoms with van der Waals surface area (Å²) in [6.45, 7) is 7.59. The monoisotopic (exact) mass is 663 g/mol. The SMILES string of the molecule is Cc1cc2c3c(c1)N1c4c(cccc4C4(C)CCCCC14C)B3c1ccc3cc1N2c1ccccc1Sc1ccccc1N3c1ccccc1. The maximum absolute atomic E-state index is 2.83. The molecule has 0 radical (unpaired) electrons. The topological polar surface area (TPSA) is 9.72 Å². The second-order valence-corrected chi connectivity index (χ2v) is 16.4. The van der Waals surface area contributed by atoms with Crippen molar-refractivity contribution in [2.75, 3.05) is 14.7 Å². The number of nitrogens with zero attached hydrogens (tertiary/aromatic N) is 3. The first-order valence-corrected chi connectivity index (χ1v) is 19.0. The van der Waals surface area contributed by atoms with Gasteiger partial charge in [0.05, 0.1) is 16.9 Å². The Kier molecular flexibility index (Phi) is 5.85. The van der Waals surface area contributed by atoms with Crippen molar-refractivity contribution in [3.63, 3.8) is 0 Å². The van der Waals surface area contributed by atoms with Crippen LogP contribution in [0.3, 0.4) is 0 Å². The number of fused-ring (bicyclic) bond motifs is 11. The molecule has 6 aromatic carbocycles. The van der Waals surface area contributed by atoms with Crippen LogP contribution in [0, 0.1) is 6.92 Å². The fourth-order valence-electron chi connectivity index (χ4n) is 10.4. The summed E-state index contributed by atoms with van der Waals surface area (Å²) in [6.07, 6.45) is 5.03. The van der Waals surface area contributed by atoms with Crippen LogP contribution >= 0.6 is 11.8 Å². The summed E-state index contributed by atoms with van der Waals surface area (Å²) >= 11 is 1.87. The van der Waals surface area contributed by atoms with Crippen LogP contribution in [-0.4, -0.2) is 12.3 Å². The lowest BCUT2D eigenvalue weighted by atomic mass is 9.33. The molecule has 242 valence electrons. The highest BCUT2D eigenvalue weighted by molar-refractivity contribution is 7.99. The maximum Gasteiger partial charge on any atom is 0.252 e. The molecule has 4 heterocycles. The fourth-order valence-corrected chi connectivity index (χ4v) is 11.4. The van der Waals surface area contributed by atoms with Gasteiger partial charge >= 0.3 is 0 Å². The smallest absolute Gasteiger partial charge is 0.252 e. The Morgan fingerprint density at radius 3 is 2.08 bits per heavy atom. The number of benzene rings is 6. The standard InChI is InChI=1S/C45H38BN3S/c1-29-26-38-42-39(27-29)49-43-32(44(2)24-11-12-25-45(44,49)3)16-13-17-34(43)46(42)33-23-22-31-28-37(33)48(38)36-19-8-10-21-41(36)50-40-20-9-7-18-35(40)47(31)30-14-5-4-6-15-30/h4-10,13-23,26-28H,11-12,24-25H2,1-3H3. The molecule has 11 rings (SSSR count). The zero-order valence-corrected chi connectivity index (χ0v) is 29.6. The Morgan fingerprint density at radius 2 is 1.28 bits per heavy atom. The van der Waals surface area contributed by atoms with Crippen LogP contribution in [0.5, 0.6) is 0 Å². The van der Waals surface area contributed by atoms with E-state index >= 15 is 0 Å². The third kappa shape index (κ3) is 3.59. The van der Waals surface area contributed by atoms with Gasteiger partial charge in [0.15, 0.2) is 0 Å². The number of aryl methyl sites for hydroxylation is 1. The van der Waals surface area contributed by atoms with E-state index in [0.717, 1.165) is 5.69 Å². The lowest BCUT2D eigenvalue weighted by Gasteiger charge is -2.53. The van der Waals surface area contributed by atoms with Crippen molar-refractivity contribution in [1.82, 2.24) is 0 Å². The molecule has 1 saturated carbocycles. The first-order chi connectivity index (χ1) is 24.5.